The molecule has 0 unspecified atom stereocenters. The zero-order chi connectivity index (χ0) is 18.1. The predicted octanol–water partition coefficient (Wildman–Crippen LogP) is 1.86. The maximum Gasteiger partial charge on any atom is 0.287 e. The molecule has 0 aliphatic heterocycles. The Bertz CT molecular complexity index is 738. The number of methoxy groups -OCH3 is 2. The number of furan rings is 1. The fourth-order valence-electron chi connectivity index (χ4n) is 2.04. The Balaban J connectivity index is 1.78. The van der Waals surface area contributed by atoms with E-state index in [1.807, 2.05) is 0 Å². The van der Waals surface area contributed by atoms with E-state index in [9.17, 15) is 9.59 Å². The molecule has 132 valence electrons. The minimum absolute atomic E-state index is 0.234. The summed E-state index contributed by atoms with van der Waals surface area (Å²) in [6.45, 7) is 0.598. The molecule has 0 aliphatic rings. The van der Waals surface area contributed by atoms with Gasteiger partial charge in [0.1, 0.15) is 11.5 Å². The molecule has 1 aromatic heterocycles. The van der Waals surface area contributed by atoms with Gasteiger partial charge in [-0.2, -0.15) is 0 Å². The Labute approximate surface area is 145 Å². The van der Waals surface area contributed by atoms with E-state index in [0.29, 0.717) is 24.6 Å². The highest BCUT2D eigenvalue weighted by Crippen LogP contribution is 2.25. The van der Waals surface area contributed by atoms with Crippen molar-refractivity contribution in [3.8, 4) is 11.5 Å². The van der Waals surface area contributed by atoms with Crippen LogP contribution in [0.1, 0.15) is 16.1 Å². The molecule has 1 heterocycles. The number of carbonyl (C=O) groups excluding carboxylic acids is 2. The van der Waals surface area contributed by atoms with Gasteiger partial charge in [0.15, 0.2) is 5.76 Å². The fourth-order valence-corrected chi connectivity index (χ4v) is 2.04. The number of hydrogen-bond acceptors (Lipinski definition) is 5. The smallest absolute Gasteiger partial charge is 0.287 e. The molecule has 0 fully saturated rings. The number of nitrogens with one attached hydrogen (secondary N) is 2. The molecule has 0 radical (unpaired) electrons. The lowest BCUT2D eigenvalue weighted by molar-refractivity contribution is -0.116. The van der Waals surface area contributed by atoms with Crippen LogP contribution in [-0.4, -0.2) is 39.1 Å². The van der Waals surface area contributed by atoms with Gasteiger partial charge in [-0.1, -0.05) is 0 Å². The normalized spacial score (nSPS) is 10.5. The van der Waals surface area contributed by atoms with E-state index < -0.39 is 0 Å². The Morgan fingerprint density at radius 2 is 1.92 bits per heavy atom. The lowest BCUT2D eigenvalue weighted by atomic mass is 10.1. The molecule has 2 rings (SSSR count). The van der Waals surface area contributed by atoms with Gasteiger partial charge in [0.05, 0.1) is 20.5 Å². The minimum atomic E-state index is -0.322. The van der Waals surface area contributed by atoms with Crippen LogP contribution in [0.3, 0.4) is 0 Å². The largest absolute Gasteiger partial charge is 0.497 e. The molecule has 0 saturated carbocycles. The first-order chi connectivity index (χ1) is 12.1. The zero-order valence-corrected chi connectivity index (χ0v) is 14.1. The third-order valence-corrected chi connectivity index (χ3v) is 3.31. The number of benzene rings is 1. The fraction of sp³-hybridized carbons (Fsp3) is 0.222. The van der Waals surface area contributed by atoms with Crippen LogP contribution >= 0.6 is 0 Å². The van der Waals surface area contributed by atoms with Gasteiger partial charge < -0.3 is 24.5 Å². The number of amides is 2. The summed E-state index contributed by atoms with van der Waals surface area (Å²) in [6.07, 6.45) is 4.47. The van der Waals surface area contributed by atoms with Crippen LogP contribution in [0, 0.1) is 0 Å². The van der Waals surface area contributed by atoms with Gasteiger partial charge in [0.25, 0.3) is 5.91 Å². The molecule has 2 aromatic rings. The number of hydrogen-bond donors (Lipinski definition) is 2. The summed E-state index contributed by atoms with van der Waals surface area (Å²) in [4.78, 5) is 23.4. The van der Waals surface area contributed by atoms with Crippen molar-refractivity contribution < 1.29 is 23.5 Å². The van der Waals surface area contributed by atoms with Crippen LogP contribution in [0.2, 0.25) is 0 Å². The van der Waals surface area contributed by atoms with E-state index in [-0.39, 0.29) is 17.6 Å². The highest BCUT2D eigenvalue weighted by Gasteiger charge is 2.07. The lowest BCUT2D eigenvalue weighted by Crippen LogP contribution is -2.33. The van der Waals surface area contributed by atoms with E-state index >= 15 is 0 Å². The van der Waals surface area contributed by atoms with Crippen LogP contribution < -0.4 is 20.1 Å². The first kappa shape index (κ1) is 18.1. The highest BCUT2D eigenvalue weighted by molar-refractivity contribution is 5.92. The van der Waals surface area contributed by atoms with E-state index in [1.165, 1.54) is 12.3 Å². The molecule has 0 atom stereocenters. The third kappa shape index (κ3) is 5.42. The second kappa shape index (κ2) is 9.17. The van der Waals surface area contributed by atoms with Gasteiger partial charge in [-0.15, -0.1) is 0 Å². The van der Waals surface area contributed by atoms with Crippen LogP contribution in [0.5, 0.6) is 11.5 Å². The summed E-state index contributed by atoms with van der Waals surface area (Å²) < 4.78 is 15.4. The molecular weight excluding hydrogens is 324 g/mol. The average Bonchev–Trinajstić information content (AvgIpc) is 3.18. The third-order valence-electron chi connectivity index (χ3n) is 3.31. The molecule has 1 aromatic carbocycles. The molecule has 2 amide bonds. The molecule has 0 saturated heterocycles. The first-order valence-electron chi connectivity index (χ1n) is 7.63. The van der Waals surface area contributed by atoms with Crippen molar-refractivity contribution in [2.24, 2.45) is 0 Å². The molecule has 7 heteroatoms. The molecular formula is C18H20N2O5. The molecule has 0 aliphatic carbocycles. The SMILES string of the molecule is COc1ccc(/C=C/C(=O)NCCNC(=O)c2ccco2)c(OC)c1. The average molecular weight is 344 g/mol. The molecule has 7 nitrogen and oxygen atoms in total. The van der Waals surface area contributed by atoms with E-state index in [4.69, 9.17) is 13.9 Å². The van der Waals surface area contributed by atoms with Gasteiger partial charge in [-0.05, 0) is 30.3 Å². The summed E-state index contributed by atoms with van der Waals surface area (Å²) in [7, 11) is 3.12. The Morgan fingerprint density at radius 3 is 2.60 bits per heavy atom. The topological polar surface area (TPSA) is 89.8 Å². The standard InChI is InChI=1S/C18H20N2O5/c1-23-14-7-5-13(16(12-14)24-2)6-8-17(21)19-9-10-20-18(22)15-4-3-11-25-15/h3-8,11-12H,9-10H2,1-2H3,(H,19,21)(H,20,22)/b8-6+. The number of carbonyl (C=O) groups is 2. The van der Waals surface area contributed by atoms with Crippen molar-refractivity contribution in [3.63, 3.8) is 0 Å². The van der Waals surface area contributed by atoms with Gasteiger partial charge in [-0.25, -0.2) is 0 Å². The number of rotatable bonds is 8. The van der Waals surface area contributed by atoms with Gasteiger partial charge in [0.2, 0.25) is 5.91 Å². The van der Waals surface area contributed by atoms with E-state index in [1.54, 1.807) is 50.6 Å². The van der Waals surface area contributed by atoms with Crippen molar-refractivity contribution in [3.05, 3.63) is 54.0 Å². The lowest BCUT2D eigenvalue weighted by Gasteiger charge is -2.07. The summed E-state index contributed by atoms with van der Waals surface area (Å²) in [5.74, 6) is 0.917. The molecule has 0 spiro atoms. The second-order valence-corrected chi connectivity index (χ2v) is 4.97. The number of ether oxygens (including phenoxy) is 2. The predicted molar refractivity (Wildman–Crippen MR) is 92.6 cm³/mol. The van der Waals surface area contributed by atoms with Crippen molar-refractivity contribution in [2.45, 2.75) is 0 Å². The monoisotopic (exact) mass is 344 g/mol. The molecule has 2 N–H and O–H groups in total. The van der Waals surface area contributed by atoms with Crippen LogP contribution in [0.4, 0.5) is 0 Å². The van der Waals surface area contributed by atoms with E-state index in [2.05, 4.69) is 10.6 Å². The Morgan fingerprint density at radius 1 is 1.12 bits per heavy atom. The van der Waals surface area contributed by atoms with Gasteiger partial charge in [-0.3, -0.25) is 9.59 Å². The first-order valence-corrected chi connectivity index (χ1v) is 7.63. The summed E-state index contributed by atoms with van der Waals surface area (Å²) in [5.41, 5.74) is 0.754. The highest BCUT2D eigenvalue weighted by atomic mass is 16.5. The van der Waals surface area contributed by atoms with Crippen molar-refractivity contribution in [1.82, 2.24) is 10.6 Å². The maximum absolute atomic E-state index is 11.8. The van der Waals surface area contributed by atoms with Crippen LogP contribution in [-0.2, 0) is 4.79 Å². The Hall–Kier alpha value is -3.22. The zero-order valence-electron chi connectivity index (χ0n) is 14.1. The summed E-state index contributed by atoms with van der Waals surface area (Å²) in [5, 5.41) is 5.32. The van der Waals surface area contributed by atoms with Gasteiger partial charge >= 0.3 is 0 Å². The quantitative estimate of drug-likeness (QED) is 0.563. The maximum atomic E-state index is 11.8. The Kier molecular flexibility index (Phi) is 6.65. The van der Waals surface area contributed by atoms with Crippen LogP contribution in [0.25, 0.3) is 6.08 Å². The van der Waals surface area contributed by atoms with Crippen LogP contribution in [0.15, 0.2) is 47.1 Å². The van der Waals surface area contributed by atoms with E-state index in [0.717, 1.165) is 5.56 Å². The second-order valence-electron chi connectivity index (χ2n) is 4.97. The summed E-state index contributed by atoms with van der Waals surface area (Å²) >= 11 is 0. The minimum Gasteiger partial charge on any atom is -0.497 e. The van der Waals surface area contributed by atoms with Crippen molar-refractivity contribution in [2.75, 3.05) is 27.3 Å². The summed E-state index contributed by atoms with van der Waals surface area (Å²) in [6, 6.07) is 8.52. The molecule has 25 heavy (non-hydrogen) atoms. The molecule has 0 bridgehead atoms. The van der Waals surface area contributed by atoms with Crippen molar-refractivity contribution >= 4 is 17.9 Å². The van der Waals surface area contributed by atoms with Crippen molar-refractivity contribution in [1.29, 1.82) is 0 Å². The van der Waals surface area contributed by atoms with Gasteiger partial charge in [0, 0.05) is 30.8 Å².